The van der Waals surface area contributed by atoms with Crippen LogP contribution >= 0.6 is 11.6 Å². The van der Waals surface area contributed by atoms with Crippen molar-refractivity contribution < 1.29 is 31.8 Å². The number of hydrogen-bond donors (Lipinski definition) is 0. The number of sulfonamides is 1. The highest BCUT2D eigenvalue weighted by Gasteiger charge is 2.30. The Morgan fingerprint density at radius 2 is 1.58 bits per heavy atom. The number of ether oxygens (including phenoxy) is 3. The van der Waals surface area contributed by atoms with Gasteiger partial charge in [0, 0.05) is 25.2 Å². The van der Waals surface area contributed by atoms with E-state index in [0.717, 1.165) is 22.0 Å². The van der Waals surface area contributed by atoms with Crippen molar-refractivity contribution in [2.24, 2.45) is 0 Å². The Hall–Kier alpha value is -3.50. The summed E-state index contributed by atoms with van der Waals surface area (Å²) in [5.74, 6) is -0.109. The van der Waals surface area contributed by atoms with E-state index in [2.05, 4.69) is 0 Å². The van der Waals surface area contributed by atoms with Crippen molar-refractivity contribution in [2.45, 2.75) is 11.4 Å². The van der Waals surface area contributed by atoms with E-state index in [4.69, 9.17) is 25.8 Å². The van der Waals surface area contributed by atoms with E-state index in [9.17, 15) is 17.6 Å². The van der Waals surface area contributed by atoms with Crippen molar-refractivity contribution in [3.8, 4) is 17.2 Å². The van der Waals surface area contributed by atoms with Gasteiger partial charge < -0.3 is 19.1 Å². The molecule has 1 amide bonds. The maximum absolute atomic E-state index is 13.9. The summed E-state index contributed by atoms with van der Waals surface area (Å²) in [6, 6.07) is 14.7. The standard InChI is InChI=1S/C25H26ClFN2O6S/c1-28(15-17-7-5-6-8-22(17)33-2)25(30)16-29(18-9-11-21(27)20(26)13-18)36(31,32)19-10-12-23(34-3)24(14-19)35-4/h5-14H,15-16H2,1-4H3. The van der Waals surface area contributed by atoms with Gasteiger partial charge in [0.2, 0.25) is 5.91 Å². The first-order valence-electron chi connectivity index (χ1n) is 10.7. The van der Waals surface area contributed by atoms with Gasteiger partial charge in [0.15, 0.2) is 11.5 Å². The highest BCUT2D eigenvalue weighted by molar-refractivity contribution is 7.92. The van der Waals surface area contributed by atoms with Gasteiger partial charge in [-0.2, -0.15) is 0 Å². The van der Waals surface area contributed by atoms with Crippen molar-refractivity contribution in [1.82, 2.24) is 4.90 Å². The Bertz CT molecular complexity index is 1350. The smallest absolute Gasteiger partial charge is 0.264 e. The van der Waals surface area contributed by atoms with Gasteiger partial charge in [-0.25, -0.2) is 12.8 Å². The average molecular weight is 537 g/mol. The number of para-hydroxylation sites is 1. The minimum Gasteiger partial charge on any atom is -0.496 e. The number of hydrogen-bond acceptors (Lipinski definition) is 6. The highest BCUT2D eigenvalue weighted by atomic mass is 35.5. The molecule has 0 atom stereocenters. The summed E-state index contributed by atoms with van der Waals surface area (Å²) >= 11 is 5.94. The van der Waals surface area contributed by atoms with Crippen molar-refractivity contribution in [3.63, 3.8) is 0 Å². The maximum Gasteiger partial charge on any atom is 0.264 e. The van der Waals surface area contributed by atoms with Crippen LogP contribution in [0.2, 0.25) is 5.02 Å². The number of likely N-dealkylation sites (N-methyl/N-ethyl adjacent to an activating group) is 1. The highest BCUT2D eigenvalue weighted by Crippen LogP contribution is 2.33. The molecule has 0 saturated carbocycles. The van der Waals surface area contributed by atoms with Crippen molar-refractivity contribution in [2.75, 3.05) is 39.2 Å². The van der Waals surface area contributed by atoms with Crippen LogP contribution in [-0.2, 0) is 21.4 Å². The lowest BCUT2D eigenvalue weighted by Gasteiger charge is -2.27. The Morgan fingerprint density at radius 1 is 0.917 bits per heavy atom. The minimum absolute atomic E-state index is 0.0234. The molecule has 36 heavy (non-hydrogen) atoms. The van der Waals surface area contributed by atoms with Gasteiger partial charge in [-0.15, -0.1) is 0 Å². The number of carbonyl (C=O) groups is 1. The third-order valence-electron chi connectivity index (χ3n) is 5.44. The van der Waals surface area contributed by atoms with Gasteiger partial charge in [0.1, 0.15) is 18.1 Å². The van der Waals surface area contributed by atoms with E-state index in [1.165, 1.54) is 50.5 Å². The van der Waals surface area contributed by atoms with Gasteiger partial charge >= 0.3 is 0 Å². The topological polar surface area (TPSA) is 85.4 Å². The molecule has 0 bridgehead atoms. The fourth-order valence-corrected chi connectivity index (χ4v) is 5.08. The van der Waals surface area contributed by atoms with Crippen molar-refractivity contribution in [3.05, 3.63) is 77.1 Å². The quantitative estimate of drug-likeness (QED) is 0.383. The molecule has 0 heterocycles. The molecule has 0 aromatic heterocycles. The number of carbonyl (C=O) groups excluding carboxylic acids is 1. The fraction of sp³-hybridized carbons (Fsp3) is 0.240. The monoisotopic (exact) mass is 536 g/mol. The predicted octanol–water partition coefficient (Wildman–Crippen LogP) is 4.36. The number of nitrogens with zero attached hydrogens (tertiary/aromatic N) is 2. The normalized spacial score (nSPS) is 11.1. The van der Waals surface area contributed by atoms with Crippen molar-refractivity contribution in [1.29, 1.82) is 0 Å². The van der Waals surface area contributed by atoms with Crippen LogP contribution < -0.4 is 18.5 Å². The molecule has 0 spiro atoms. The van der Waals surface area contributed by atoms with Crippen LogP contribution in [0.5, 0.6) is 17.2 Å². The molecule has 3 rings (SSSR count). The summed E-state index contributed by atoms with van der Waals surface area (Å²) < 4.78 is 57.9. The summed E-state index contributed by atoms with van der Waals surface area (Å²) in [4.78, 5) is 14.4. The Balaban J connectivity index is 1.99. The third-order valence-corrected chi connectivity index (χ3v) is 7.50. The zero-order valence-electron chi connectivity index (χ0n) is 20.2. The number of rotatable bonds is 10. The first-order chi connectivity index (χ1) is 17.1. The summed E-state index contributed by atoms with van der Waals surface area (Å²) in [6.07, 6.45) is 0. The fourth-order valence-electron chi connectivity index (χ4n) is 3.48. The molecule has 8 nitrogen and oxygen atoms in total. The summed E-state index contributed by atoms with van der Waals surface area (Å²) in [5, 5.41) is -0.283. The second-order valence-corrected chi connectivity index (χ2v) is 9.96. The molecule has 0 unspecified atom stereocenters. The Morgan fingerprint density at radius 3 is 2.22 bits per heavy atom. The third kappa shape index (κ3) is 5.83. The van der Waals surface area contributed by atoms with Gasteiger partial charge in [-0.05, 0) is 36.4 Å². The molecule has 0 aliphatic heterocycles. The number of halogens is 2. The summed E-state index contributed by atoms with van der Waals surface area (Å²) in [5.41, 5.74) is 0.769. The van der Waals surface area contributed by atoms with Gasteiger partial charge in [0.25, 0.3) is 10.0 Å². The van der Waals surface area contributed by atoms with Crippen molar-refractivity contribution >= 4 is 33.2 Å². The lowest BCUT2D eigenvalue weighted by molar-refractivity contribution is -0.128. The van der Waals surface area contributed by atoms with Crippen LogP contribution in [-0.4, -0.2) is 54.1 Å². The van der Waals surface area contributed by atoms with Crippen LogP contribution in [0.3, 0.4) is 0 Å². The molecular formula is C25H26ClFN2O6S. The van der Waals surface area contributed by atoms with E-state index in [0.29, 0.717) is 11.5 Å². The second-order valence-electron chi connectivity index (χ2n) is 7.69. The van der Waals surface area contributed by atoms with Gasteiger partial charge in [-0.3, -0.25) is 9.10 Å². The molecule has 11 heteroatoms. The van der Waals surface area contributed by atoms with E-state index in [1.54, 1.807) is 25.2 Å². The van der Waals surface area contributed by atoms with Gasteiger partial charge in [0.05, 0.1) is 36.9 Å². The largest absolute Gasteiger partial charge is 0.496 e. The second kappa shape index (κ2) is 11.5. The molecule has 3 aromatic rings. The molecule has 3 aromatic carbocycles. The Labute approximate surface area is 214 Å². The lowest BCUT2D eigenvalue weighted by atomic mass is 10.2. The van der Waals surface area contributed by atoms with Crippen LogP contribution in [0.25, 0.3) is 0 Å². The molecule has 0 aliphatic rings. The first kappa shape index (κ1) is 27.1. The molecule has 0 aliphatic carbocycles. The lowest BCUT2D eigenvalue weighted by Crippen LogP contribution is -2.41. The van der Waals surface area contributed by atoms with E-state index >= 15 is 0 Å². The molecule has 0 fully saturated rings. The molecule has 0 saturated heterocycles. The molecular weight excluding hydrogens is 511 g/mol. The first-order valence-corrected chi connectivity index (χ1v) is 12.5. The average Bonchev–Trinajstić information content (AvgIpc) is 2.88. The summed E-state index contributed by atoms with van der Waals surface area (Å²) in [7, 11) is 1.57. The maximum atomic E-state index is 13.9. The van der Waals surface area contributed by atoms with E-state index < -0.39 is 28.3 Å². The number of benzene rings is 3. The molecule has 0 radical (unpaired) electrons. The SMILES string of the molecule is COc1ccccc1CN(C)C(=O)CN(c1ccc(F)c(Cl)c1)S(=O)(=O)c1ccc(OC)c(OC)c1. The minimum atomic E-state index is -4.31. The van der Waals surface area contributed by atoms with Gasteiger partial charge in [-0.1, -0.05) is 29.8 Å². The van der Waals surface area contributed by atoms with E-state index in [1.807, 2.05) is 6.07 Å². The van der Waals surface area contributed by atoms with E-state index in [-0.39, 0.29) is 27.9 Å². The number of amides is 1. The Kier molecular flexibility index (Phi) is 8.65. The van der Waals surface area contributed by atoms with Crippen LogP contribution in [0.1, 0.15) is 5.56 Å². The van der Waals surface area contributed by atoms with Crippen LogP contribution in [0.15, 0.2) is 65.6 Å². The zero-order chi connectivity index (χ0) is 26.5. The molecule has 0 N–H and O–H groups in total. The molecule has 192 valence electrons. The number of methoxy groups -OCH3 is 3. The summed E-state index contributed by atoms with van der Waals surface area (Å²) in [6.45, 7) is -0.387. The zero-order valence-corrected chi connectivity index (χ0v) is 21.8. The van der Waals surface area contributed by atoms with Crippen LogP contribution in [0, 0.1) is 5.82 Å². The number of anilines is 1. The predicted molar refractivity (Wildman–Crippen MR) is 135 cm³/mol. The van der Waals surface area contributed by atoms with Crippen LogP contribution in [0.4, 0.5) is 10.1 Å².